The highest BCUT2D eigenvalue weighted by molar-refractivity contribution is 9.09. The summed E-state index contributed by atoms with van der Waals surface area (Å²) in [7, 11) is 0. The van der Waals surface area contributed by atoms with Gasteiger partial charge in [0.1, 0.15) is 11.6 Å². The maximum atomic E-state index is 14.0. The monoisotopic (exact) mass is 529 g/mol. The summed E-state index contributed by atoms with van der Waals surface area (Å²) in [4.78, 5) is 44.6. The standard InChI is InChI=1S/C22H32BrN3O7/c1-2-4-25(7-6-24-8-11-32-12-9-24)20(29)18-22-13-14(23)17(33-22)15(21(30)31)16(22)19(28)26(18)5-3-10-27/h2,14-18,27H,1,3-13H2,(H,30,31)/t14?,15-,16-,17-,18?,22?/m0/s1. The molecule has 4 aliphatic heterocycles. The van der Waals surface area contributed by atoms with Gasteiger partial charge in [-0.25, -0.2) is 0 Å². The van der Waals surface area contributed by atoms with Crippen molar-refractivity contribution < 1.29 is 34.1 Å². The Balaban J connectivity index is 1.62. The van der Waals surface area contributed by atoms with Gasteiger partial charge in [-0.2, -0.15) is 0 Å². The van der Waals surface area contributed by atoms with Gasteiger partial charge in [-0.15, -0.1) is 6.58 Å². The average Bonchev–Trinajstić information content (AvgIpc) is 3.39. The van der Waals surface area contributed by atoms with Gasteiger partial charge in [-0.05, 0) is 12.8 Å². The van der Waals surface area contributed by atoms with E-state index in [-0.39, 0.29) is 29.8 Å². The van der Waals surface area contributed by atoms with Crippen LogP contribution in [0.1, 0.15) is 12.8 Å². The zero-order valence-corrected chi connectivity index (χ0v) is 20.2. The Morgan fingerprint density at radius 3 is 2.67 bits per heavy atom. The molecule has 2 N–H and O–H groups in total. The first kappa shape index (κ1) is 24.6. The lowest BCUT2D eigenvalue weighted by Gasteiger charge is -2.37. The van der Waals surface area contributed by atoms with Crippen LogP contribution in [-0.2, 0) is 23.9 Å². The van der Waals surface area contributed by atoms with Gasteiger partial charge in [0, 0.05) is 50.7 Å². The van der Waals surface area contributed by atoms with E-state index in [1.807, 2.05) is 0 Å². The summed E-state index contributed by atoms with van der Waals surface area (Å²) >= 11 is 3.54. The van der Waals surface area contributed by atoms with Crippen LogP contribution in [0.3, 0.4) is 0 Å². The van der Waals surface area contributed by atoms with Gasteiger partial charge in [-0.3, -0.25) is 19.3 Å². The molecule has 2 amide bonds. The summed E-state index contributed by atoms with van der Waals surface area (Å²) in [6, 6.07) is -0.930. The second kappa shape index (κ2) is 9.99. The zero-order valence-electron chi connectivity index (χ0n) is 18.6. The van der Waals surface area contributed by atoms with E-state index in [1.54, 1.807) is 11.0 Å². The fourth-order valence-electron chi connectivity index (χ4n) is 5.88. The van der Waals surface area contributed by atoms with E-state index in [1.165, 1.54) is 4.90 Å². The largest absolute Gasteiger partial charge is 0.481 e. The number of likely N-dealkylation sites (tertiary alicyclic amines) is 1. The summed E-state index contributed by atoms with van der Waals surface area (Å²) < 4.78 is 11.6. The quantitative estimate of drug-likeness (QED) is 0.288. The van der Waals surface area contributed by atoms with Crippen LogP contribution < -0.4 is 0 Å². The van der Waals surface area contributed by atoms with E-state index in [0.717, 1.165) is 13.1 Å². The number of ether oxygens (including phenoxy) is 2. The lowest BCUT2D eigenvalue weighted by molar-refractivity contribution is -0.151. The lowest BCUT2D eigenvalue weighted by Crippen LogP contribution is -2.57. The molecule has 0 aromatic carbocycles. The molecule has 4 fully saturated rings. The molecule has 2 bridgehead atoms. The first-order valence-electron chi connectivity index (χ1n) is 11.5. The maximum absolute atomic E-state index is 14.0. The third-order valence-corrected chi connectivity index (χ3v) is 8.16. The van der Waals surface area contributed by atoms with E-state index in [4.69, 9.17) is 9.47 Å². The molecule has 10 nitrogen and oxygen atoms in total. The van der Waals surface area contributed by atoms with Crippen molar-refractivity contribution in [1.29, 1.82) is 0 Å². The minimum atomic E-state index is -1.19. The van der Waals surface area contributed by atoms with Crippen LogP contribution in [0.25, 0.3) is 0 Å². The first-order chi connectivity index (χ1) is 15.9. The van der Waals surface area contributed by atoms with Gasteiger partial charge in [-0.1, -0.05) is 22.0 Å². The van der Waals surface area contributed by atoms with Crippen LogP contribution in [0.2, 0.25) is 0 Å². The summed E-state index contributed by atoms with van der Waals surface area (Å²) in [6.45, 7) is 8.16. The topological polar surface area (TPSA) is 120 Å². The molecule has 0 aliphatic carbocycles. The molecule has 11 heteroatoms. The third-order valence-electron chi connectivity index (χ3n) is 7.32. The Bertz CT molecular complexity index is 792. The SMILES string of the molecule is C=CCN(CCN1CCOCC1)C(=O)C1N(CCCO)C(=O)[C@@H]2[C@H](C(=O)O)[C@H]3OC12CC3Br. The number of carboxylic acid groups (broad SMARTS) is 1. The van der Waals surface area contributed by atoms with Crippen molar-refractivity contribution in [2.75, 3.05) is 59.1 Å². The van der Waals surface area contributed by atoms with Crippen LogP contribution in [-0.4, -0.2) is 124 Å². The lowest BCUT2D eigenvalue weighted by atomic mass is 9.70. The molecule has 3 unspecified atom stereocenters. The van der Waals surface area contributed by atoms with Gasteiger partial charge in [0.2, 0.25) is 11.8 Å². The number of aliphatic carboxylic acids is 1. The van der Waals surface area contributed by atoms with E-state index >= 15 is 0 Å². The van der Waals surface area contributed by atoms with Crippen molar-refractivity contribution in [3.05, 3.63) is 12.7 Å². The summed E-state index contributed by atoms with van der Waals surface area (Å²) in [6.07, 6.45) is 1.68. The fraction of sp³-hybridized carbons (Fsp3) is 0.773. The molecule has 4 heterocycles. The highest BCUT2D eigenvalue weighted by Gasteiger charge is 2.76. The average molecular weight is 530 g/mol. The second-order valence-corrected chi connectivity index (χ2v) is 10.3. The van der Waals surface area contributed by atoms with Crippen molar-refractivity contribution in [1.82, 2.24) is 14.7 Å². The summed E-state index contributed by atoms with van der Waals surface area (Å²) in [5.41, 5.74) is -1.19. The van der Waals surface area contributed by atoms with Gasteiger partial charge in [0.05, 0.1) is 31.2 Å². The molecule has 0 saturated carbocycles. The zero-order chi connectivity index (χ0) is 23.8. The van der Waals surface area contributed by atoms with Crippen LogP contribution in [0.4, 0.5) is 0 Å². The molecule has 184 valence electrons. The van der Waals surface area contributed by atoms with Crippen LogP contribution in [0, 0.1) is 11.8 Å². The Labute approximate surface area is 201 Å². The number of rotatable bonds is 10. The Morgan fingerprint density at radius 2 is 2.03 bits per heavy atom. The van der Waals surface area contributed by atoms with Crippen molar-refractivity contribution in [3.63, 3.8) is 0 Å². The van der Waals surface area contributed by atoms with Crippen molar-refractivity contribution in [2.24, 2.45) is 11.8 Å². The number of fused-ring (bicyclic) bond motifs is 1. The smallest absolute Gasteiger partial charge is 0.310 e. The molecule has 4 aliphatic rings. The van der Waals surface area contributed by atoms with Crippen LogP contribution >= 0.6 is 15.9 Å². The molecule has 4 rings (SSSR count). The number of hydrogen-bond donors (Lipinski definition) is 2. The molecular formula is C22H32BrN3O7. The minimum absolute atomic E-state index is 0.136. The summed E-state index contributed by atoms with van der Waals surface area (Å²) in [5, 5.41) is 19.3. The van der Waals surface area contributed by atoms with Gasteiger partial charge < -0.3 is 29.5 Å². The molecule has 33 heavy (non-hydrogen) atoms. The maximum Gasteiger partial charge on any atom is 0.310 e. The number of carbonyl (C=O) groups is 3. The first-order valence-corrected chi connectivity index (χ1v) is 12.4. The fourth-order valence-corrected chi connectivity index (χ4v) is 6.82. The van der Waals surface area contributed by atoms with Crippen molar-refractivity contribution >= 4 is 33.7 Å². The van der Waals surface area contributed by atoms with Crippen molar-refractivity contribution in [3.8, 4) is 0 Å². The number of hydrogen-bond acceptors (Lipinski definition) is 7. The Kier molecular flexibility index (Phi) is 7.44. The molecule has 0 aromatic rings. The normalized spacial score (nSPS) is 35.6. The minimum Gasteiger partial charge on any atom is -0.481 e. The number of carboxylic acids is 1. The molecule has 6 atom stereocenters. The van der Waals surface area contributed by atoms with Crippen LogP contribution in [0.5, 0.6) is 0 Å². The number of nitrogens with zero attached hydrogens (tertiary/aromatic N) is 3. The number of morpholine rings is 1. The van der Waals surface area contributed by atoms with E-state index in [2.05, 4.69) is 27.4 Å². The molecule has 1 spiro atoms. The van der Waals surface area contributed by atoms with Gasteiger partial charge in [0.25, 0.3) is 0 Å². The molecule has 0 radical (unpaired) electrons. The van der Waals surface area contributed by atoms with E-state index < -0.39 is 35.6 Å². The number of halogens is 1. The number of carbonyl (C=O) groups excluding carboxylic acids is 2. The number of amides is 2. The highest BCUT2D eigenvalue weighted by Crippen LogP contribution is 2.60. The Hall–Kier alpha value is -1.53. The van der Waals surface area contributed by atoms with Gasteiger partial charge in [0.15, 0.2) is 0 Å². The molecular weight excluding hydrogens is 498 g/mol. The number of alkyl halides is 1. The highest BCUT2D eigenvalue weighted by atomic mass is 79.9. The number of aliphatic hydroxyl groups is 1. The Morgan fingerprint density at radius 1 is 1.30 bits per heavy atom. The van der Waals surface area contributed by atoms with Crippen LogP contribution in [0.15, 0.2) is 12.7 Å². The molecule has 4 saturated heterocycles. The second-order valence-electron chi connectivity index (χ2n) is 9.14. The van der Waals surface area contributed by atoms with Crippen molar-refractivity contribution in [2.45, 2.75) is 35.4 Å². The molecule has 0 aromatic heterocycles. The van der Waals surface area contributed by atoms with E-state index in [9.17, 15) is 24.6 Å². The van der Waals surface area contributed by atoms with Gasteiger partial charge >= 0.3 is 5.97 Å². The summed E-state index contributed by atoms with van der Waals surface area (Å²) in [5.74, 6) is -3.64. The third kappa shape index (κ3) is 4.22. The number of aliphatic hydroxyl groups excluding tert-OH is 1. The predicted molar refractivity (Wildman–Crippen MR) is 121 cm³/mol. The predicted octanol–water partition coefficient (Wildman–Crippen LogP) is -0.452. The van der Waals surface area contributed by atoms with E-state index in [0.29, 0.717) is 45.7 Å².